The molecule has 0 radical (unpaired) electrons. The predicted octanol–water partition coefficient (Wildman–Crippen LogP) is 6.21. The van der Waals surface area contributed by atoms with Gasteiger partial charge in [-0.15, -0.1) is 0 Å². The maximum atomic E-state index is 13.4. The van der Waals surface area contributed by atoms with Crippen LogP contribution in [-0.4, -0.2) is 33.4 Å². The summed E-state index contributed by atoms with van der Waals surface area (Å²) in [6.45, 7) is 3.44. The average molecular weight is 464 g/mol. The third-order valence-corrected chi connectivity index (χ3v) is 6.28. The van der Waals surface area contributed by atoms with Crippen LogP contribution < -0.4 is 0 Å². The number of aryl methyl sites for hydroxylation is 2. The summed E-state index contributed by atoms with van der Waals surface area (Å²) in [6.07, 6.45) is 0.0823. The fraction of sp³-hybridized carbons (Fsp3) is 0.417. The molecule has 3 aromatic rings. The van der Waals surface area contributed by atoms with E-state index in [0.29, 0.717) is 37.1 Å². The number of hydrogen-bond acceptors (Lipinski definition) is 2. The van der Waals surface area contributed by atoms with Crippen molar-refractivity contribution in [1.29, 1.82) is 0 Å². The van der Waals surface area contributed by atoms with E-state index >= 15 is 0 Å². The molecule has 170 valence electrons. The molecule has 2 aromatic carbocycles. The van der Waals surface area contributed by atoms with Crippen LogP contribution >= 0.6 is 11.6 Å². The Hall–Kier alpha value is -2.54. The van der Waals surface area contributed by atoms with Gasteiger partial charge in [-0.1, -0.05) is 30.7 Å². The van der Waals surface area contributed by atoms with E-state index in [1.807, 2.05) is 33.7 Å². The Morgan fingerprint density at radius 3 is 2.53 bits per heavy atom. The molecule has 0 spiro atoms. The van der Waals surface area contributed by atoms with Gasteiger partial charge in [0.15, 0.2) is 0 Å². The van der Waals surface area contributed by atoms with E-state index in [0.717, 1.165) is 37.6 Å². The van der Waals surface area contributed by atoms with Gasteiger partial charge in [-0.2, -0.15) is 13.2 Å². The molecular weight excluding hydrogens is 439 g/mol. The molecule has 0 aliphatic carbocycles. The average Bonchev–Trinajstić information content (AvgIpc) is 3.11. The summed E-state index contributed by atoms with van der Waals surface area (Å²) in [6, 6.07) is 10.3. The monoisotopic (exact) mass is 463 g/mol. The number of likely N-dealkylation sites (tertiary alicyclic amines) is 1. The zero-order valence-corrected chi connectivity index (χ0v) is 18.6. The van der Waals surface area contributed by atoms with Gasteiger partial charge in [0, 0.05) is 31.6 Å². The van der Waals surface area contributed by atoms with Crippen LogP contribution in [0.1, 0.15) is 49.6 Å². The molecule has 1 aromatic heterocycles. The number of alkyl halides is 3. The normalized spacial score (nSPS) is 15.0. The molecule has 0 bridgehead atoms. The van der Waals surface area contributed by atoms with Gasteiger partial charge in [0.25, 0.3) is 0 Å². The summed E-state index contributed by atoms with van der Waals surface area (Å²) in [5.74, 6) is 0.825. The van der Waals surface area contributed by atoms with Crippen LogP contribution in [0.5, 0.6) is 0 Å². The Morgan fingerprint density at radius 1 is 1.12 bits per heavy atom. The quantitative estimate of drug-likeness (QED) is 0.436. The Labute approximate surface area is 190 Å². The van der Waals surface area contributed by atoms with Gasteiger partial charge in [0.2, 0.25) is 5.91 Å². The summed E-state index contributed by atoms with van der Waals surface area (Å²) in [7, 11) is 0. The van der Waals surface area contributed by atoms with Gasteiger partial charge in [0.05, 0.1) is 21.6 Å². The van der Waals surface area contributed by atoms with Crippen molar-refractivity contribution in [1.82, 2.24) is 14.5 Å². The van der Waals surface area contributed by atoms with Gasteiger partial charge < -0.3 is 4.90 Å². The first-order valence-electron chi connectivity index (χ1n) is 10.9. The van der Waals surface area contributed by atoms with E-state index in [1.165, 1.54) is 11.6 Å². The van der Waals surface area contributed by atoms with Crippen molar-refractivity contribution in [3.63, 3.8) is 0 Å². The van der Waals surface area contributed by atoms with Crippen LogP contribution in [0.2, 0.25) is 5.02 Å². The molecule has 0 saturated carbocycles. The van der Waals surface area contributed by atoms with Crippen molar-refractivity contribution >= 4 is 28.5 Å². The number of amides is 1. The van der Waals surface area contributed by atoms with E-state index < -0.39 is 11.7 Å². The van der Waals surface area contributed by atoms with Crippen LogP contribution in [0.25, 0.3) is 16.7 Å². The second-order valence-corrected chi connectivity index (χ2v) is 8.55. The molecule has 1 saturated heterocycles. The molecule has 1 aliphatic heterocycles. The minimum absolute atomic E-state index is 0.168. The Morgan fingerprint density at radius 2 is 1.88 bits per heavy atom. The molecule has 1 fully saturated rings. The standard InChI is InChI=1S/C24H25ClF3N3O/c1-2-16-8-10-17(11-9-16)31-21-15-19(25)18(24(26,27)28)14-20(21)29-22(31)6-5-13-30-12-4-3-7-23(30)32/h8-11,14-15H,2-7,12-13H2,1H3. The number of carbonyl (C=O) groups is 1. The lowest BCUT2D eigenvalue weighted by atomic mass is 10.1. The van der Waals surface area contributed by atoms with Crippen LogP contribution in [0.4, 0.5) is 13.2 Å². The van der Waals surface area contributed by atoms with Crippen LogP contribution in [-0.2, 0) is 23.8 Å². The fourth-order valence-corrected chi connectivity index (χ4v) is 4.49. The van der Waals surface area contributed by atoms with Gasteiger partial charge in [-0.05, 0) is 55.5 Å². The van der Waals surface area contributed by atoms with E-state index in [9.17, 15) is 18.0 Å². The van der Waals surface area contributed by atoms with E-state index in [1.54, 1.807) is 0 Å². The highest BCUT2D eigenvalue weighted by molar-refractivity contribution is 6.32. The molecule has 8 heteroatoms. The van der Waals surface area contributed by atoms with Gasteiger partial charge in [-0.25, -0.2) is 4.98 Å². The lowest BCUT2D eigenvalue weighted by Gasteiger charge is -2.26. The number of nitrogens with zero attached hydrogens (tertiary/aromatic N) is 3. The Balaban J connectivity index is 1.71. The number of rotatable bonds is 6. The fourth-order valence-electron chi connectivity index (χ4n) is 4.23. The second kappa shape index (κ2) is 9.14. The lowest BCUT2D eigenvalue weighted by molar-refractivity contribution is -0.137. The second-order valence-electron chi connectivity index (χ2n) is 8.14. The number of carbonyl (C=O) groups excluding carboxylic acids is 1. The van der Waals surface area contributed by atoms with Crippen molar-refractivity contribution in [2.75, 3.05) is 13.1 Å². The molecule has 1 amide bonds. The molecule has 1 aliphatic rings. The number of hydrogen-bond donors (Lipinski definition) is 0. The predicted molar refractivity (Wildman–Crippen MR) is 119 cm³/mol. The minimum Gasteiger partial charge on any atom is -0.343 e. The first-order valence-corrected chi connectivity index (χ1v) is 11.3. The molecule has 32 heavy (non-hydrogen) atoms. The first kappa shape index (κ1) is 22.6. The first-order chi connectivity index (χ1) is 15.3. The van der Waals surface area contributed by atoms with Crippen molar-refractivity contribution in [2.24, 2.45) is 0 Å². The maximum Gasteiger partial charge on any atom is 0.417 e. The van der Waals surface area contributed by atoms with Crippen LogP contribution in [0.3, 0.4) is 0 Å². The smallest absolute Gasteiger partial charge is 0.343 e. The number of aromatic nitrogens is 2. The molecule has 4 rings (SSSR count). The SMILES string of the molecule is CCc1ccc(-n2c(CCCN3CCCCC3=O)nc3cc(C(F)(F)F)c(Cl)cc32)cc1. The summed E-state index contributed by atoms with van der Waals surface area (Å²) in [5, 5.41) is -0.346. The molecule has 2 heterocycles. The summed E-state index contributed by atoms with van der Waals surface area (Å²) < 4.78 is 42.0. The van der Waals surface area contributed by atoms with Crippen molar-refractivity contribution in [3.8, 4) is 5.69 Å². The third kappa shape index (κ3) is 4.63. The maximum absolute atomic E-state index is 13.4. The molecule has 4 nitrogen and oxygen atoms in total. The highest BCUT2D eigenvalue weighted by Crippen LogP contribution is 2.38. The largest absolute Gasteiger partial charge is 0.417 e. The molecular formula is C24H25ClF3N3O. The van der Waals surface area contributed by atoms with Gasteiger partial charge in [-0.3, -0.25) is 9.36 Å². The lowest BCUT2D eigenvalue weighted by Crippen LogP contribution is -2.36. The van der Waals surface area contributed by atoms with E-state index in [-0.39, 0.29) is 16.4 Å². The third-order valence-electron chi connectivity index (χ3n) is 5.97. The molecule has 0 unspecified atom stereocenters. The van der Waals surface area contributed by atoms with Crippen LogP contribution in [0.15, 0.2) is 36.4 Å². The van der Waals surface area contributed by atoms with E-state index in [4.69, 9.17) is 11.6 Å². The molecule has 0 N–H and O–H groups in total. The number of piperidine rings is 1. The molecule has 0 atom stereocenters. The number of benzene rings is 2. The van der Waals surface area contributed by atoms with E-state index in [2.05, 4.69) is 11.9 Å². The Bertz CT molecular complexity index is 1120. The zero-order valence-electron chi connectivity index (χ0n) is 17.9. The Kier molecular flexibility index (Phi) is 6.47. The van der Waals surface area contributed by atoms with Gasteiger partial charge >= 0.3 is 6.18 Å². The highest BCUT2D eigenvalue weighted by Gasteiger charge is 2.34. The minimum atomic E-state index is -4.55. The zero-order chi connectivity index (χ0) is 22.9. The van der Waals surface area contributed by atoms with Gasteiger partial charge in [0.1, 0.15) is 5.82 Å². The van der Waals surface area contributed by atoms with Crippen molar-refractivity contribution in [2.45, 2.75) is 51.6 Å². The number of imidazole rings is 1. The van der Waals surface area contributed by atoms with Crippen molar-refractivity contribution < 1.29 is 18.0 Å². The van der Waals surface area contributed by atoms with Crippen molar-refractivity contribution in [3.05, 3.63) is 58.4 Å². The summed E-state index contributed by atoms with van der Waals surface area (Å²) >= 11 is 6.02. The topological polar surface area (TPSA) is 38.1 Å². The number of halogens is 4. The summed E-state index contributed by atoms with van der Waals surface area (Å²) in [4.78, 5) is 18.5. The highest BCUT2D eigenvalue weighted by atomic mass is 35.5. The number of fused-ring (bicyclic) bond motifs is 1. The summed E-state index contributed by atoms with van der Waals surface area (Å²) in [5.41, 5.74) is 1.90. The van der Waals surface area contributed by atoms with Crippen LogP contribution in [0, 0.1) is 0 Å².